The molecular weight excluding hydrogens is 276 g/mol. The van der Waals surface area contributed by atoms with Crippen molar-refractivity contribution in [2.24, 2.45) is 0 Å². The van der Waals surface area contributed by atoms with E-state index < -0.39 is 12.0 Å². The highest BCUT2D eigenvalue weighted by atomic mass is 19.3. The van der Waals surface area contributed by atoms with Crippen LogP contribution in [0, 0.1) is 0 Å². The average molecular weight is 293 g/mol. The molecule has 112 valence electrons. The van der Waals surface area contributed by atoms with E-state index in [0.29, 0.717) is 25.0 Å². The van der Waals surface area contributed by atoms with E-state index in [4.69, 9.17) is 4.74 Å². The molecule has 3 nitrogen and oxygen atoms in total. The van der Waals surface area contributed by atoms with Crippen LogP contribution in [0.25, 0.3) is 10.9 Å². The number of hydrogen-bond acceptors (Lipinski definition) is 2. The molecule has 1 N–H and O–H groups in total. The molecule has 0 spiro atoms. The van der Waals surface area contributed by atoms with Gasteiger partial charge < -0.3 is 9.72 Å². The zero-order chi connectivity index (χ0) is 15.2. The topological polar surface area (TPSA) is 42.1 Å². The fourth-order valence-electron chi connectivity index (χ4n) is 2.01. The van der Waals surface area contributed by atoms with Gasteiger partial charge in [-0.3, -0.25) is 0 Å². The zero-order valence-corrected chi connectivity index (χ0v) is 11.8. The summed E-state index contributed by atoms with van der Waals surface area (Å²) in [7, 11) is 0. The van der Waals surface area contributed by atoms with Crippen LogP contribution in [0.1, 0.15) is 36.7 Å². The summed E-state index contributed by atoms with van der Waals surface area (Å²) in [6, 6.07) is 9.30. The number of carbonyl (C=O) groups excluding carboxylic acids is 1. The maximum atomic E-state index is 12.2. The molecule has 2 rings (SSSR count). The smallest absolute Gasteiger partial charge is 0.354 e. The third-order valence-electron chi connectivity index (χ3n) is 3.25. The molecule has 0 atom stereocenters. The van der Waals surface area contributed by atoms with Crippen molar-refractivity contribution in [2.75, 3.05) is 6.61 Å². The molecule has 0 amide bonds. The van der Waals surface area contributed by atoms with Gasteiger partial charge in [0.1, 0.15) is 5.69 Å². The Morgan fingerprint density at radius 2 is 2.00 bits per heavy atom. The van der Waals surface area contributed by atoms with Crippen LogP contribution in [0.15, 0.2) is 42.0 Å². The molecule has 0 aliphatic rings. The summed E-state index contributed by atoms with van der Waals surface area (Å²) in [5.41, 5.74) is 1.38. The van der Waals surface area contributed by atoms with E-state index in [1.165, 1.54) is 6.92 Å². The molecule has 0 aliphatic carbocycles. The Balaban J connectivity index is 1.78. The lowest BCUT2D eigenvalue weighted by atomic mass is 10.1. The second-order valence-corrected chi connectivity index (χ2v) is 4.90. The Bertz CT molecular complexity index is 624. The van der Waals surface area contributed by atoms with Gasteiger partial charge in [-0.05, 0) is 43.9 Å². The highest BCUT2D eigenvalue weighted by Crippen LogP contribution is 2.16. The number of unbranched alkanes of at least 4 members (excludes halogenated alkanes) is 1. The summed E-state index contributed by atoms with van der Waals surface area (Å²) in [4.78, 5) is 14.8. The van der Waals surface area contributed by atoms with E-state index in [-0.39, 0.29) is 12.2 Å². The molecule has 1 aromatic carbocycles. The predicted octanol–water partition coefficient (Wildman–Crippen LogP) is 4.67. The number of allylic oxidation sites excluding steroid dienone is 1. The van der Waals surface area contributed by atoms with Gasteiger partial charge in [-0.15, -0.1) is 0 Å². The van der Waals surface area contributed by atoms with Crippen LogP contribution in [0.2, 0.25) is 0 Å². The number of hydrogen-bond donors (Lipinski definition) is 1. The third kappa shape index (κ3) is 4.15. The van der Waals surface area contributed by atoms with E-state index in [0.717, 1.165) is 10.9 Å². The minimum absolute atomic E-state index is 0.0944. The van der Waals surface area contributed by atoms with Gasteiger partial charge in [0.25, 0.3) is 6.08 Å². The first kappa shape index (κ1) is 15.2. The van der Waals surface area contributed by atoms with Gasteiger partial charge in [-0.2, -0.15) is 8.78 Å². The fourth-order valence-corrected chi connectivity index (χ4v) is 2.01. The van der Waals surface area contributed by atoms with Crippen molar-refractivity contribution in [3.05, 3.63) is 47.7 Å². The lowest BCUT2D eigenvalue weighted by Crippen LogP contribution is -2.06. The van der Waals surface area contributed by atoms with E-state index in [2.05, 4.69) is 4.98 Å². The Morgan fingerprint density at radius 3 is 2.71 bits per heavy atom. The van der Waals surface area contributed by atoms with Crippen molar-refractivity contribution >= 4 is 16.9 Å². The molecule has 0 radical (unpaired) electrons. The molecule has 1 heterocycles. The summed E-state index contributed by atoms with van der Waals surface area (Å²) in [5, 5.41) is 0.948. The van der Waals surface area contributed by atoms with Crippen molar-refractivity contribution in [1.82, 2.24) is 4.98 Å². The van der Waals surface area contributed by atoms with Gasteiger partial charge in [0.15, 0.2) is 0 Å². The molecule has 1 aromatic heterocycles. The number of rotatable bonds is 6. The fraction of sp³-hybridized carbons (Fsp3) is 0.312. The number of aromatic nitrogens is 1. The number of esters is 1. The van der Waals surface area contributed by atoms with Crippen LogP contribution >= 0.6 is 0 Å². The normalized spacial score (nSPS) is 10.6. The Kier molecular flexibility index (Phi) is 5.09. The van der Waals surface area contributed by atoms with Gasteiger partial charge >= 0.3 is 5.97 Å². The first-order valence-electron chi connectivity index (χ1n) is 6.83. The van der Waals surface area contributed by atoms with Gasteiger partial charge in [0, 0.05) is 10.9 Å². The Morgan fingerprint density at radius 1 is 1.24 bits per heavy atom. The number of halogens is 2. The quantitative estimate of drug-likeness (QED) is 0.621. The van der Waals surface area contributed by atoms with Gasteiger partial charge in [0.05, 0.1) is 6.61 Å². The number of H-pyrrole nitrogens is 1. The number of carbonyl (C=O) groups is 1. The first-order chi connectivity index (χ1) is 10.1. The molecule has 0 unspecified atom stereocenters. The molecule has 0 saturated heterocycles. The monoisotopic (exact) mass is 293 g/mol. The molecule has 0 fully saturated rings. The minimum atomic E-state index is -1.62. The molecule has 0 bridgehead atoms. The van der Waals surface area contributed by atoms with Crippen LogP contribution in [-0.4, -0.2) is 17.6 Å². The van der Waals surface area contributed by atoms with Crippen LogP contribution in [0.4, 0.5) is 8.78 Å². The maximum absolute atomic E-state index is 12.2. The average Bonchev–Trinajstić information content (AvgIpc) is 2.90. The van der Waals surface area contributed by atoms with Gasteiger partial charge in [0.2, 0.25) is 0 Å². The summed E-state index contributed by atoms with van der Waals surface area (Å²) in [6.07, 6.45) is -0.156. The standard InChI is InChI=1S/C16H17F2NO2/c1-11(15(17)18)6-4-5-9-21-16(20)14-10-12-7-2-3-8-13(12)19-14/h2-3,7-8,10,19H,4-6,9H2,1H3. The maximum Gasteiger partial charge on any atom is 0.354 e. The number of fused-ring (bicyclic) bond motifs is 1. The third-order valence-corrected chi connectivity index (χ3v) is 3.25. The zero-order valence-electron chi connectivity index (χ0n) is 11.8. The molecule has 21 heavy (non-hydrogen) atoms. The molecule has 0 saturated carbocycles. The molecule has 0 aliphatic heterocycles. The minimum Gasteiger partial charge on any atom is -0.461 e. The van der Waals surface area contributed by atoms with Crippen molar-refractivity contribution in [2.45, 2.75) is 26.2 Å². The van der Waals surface area contributed by atoms with Gasteiger partial charge in [-0.1, -0.05) is 18.2 Å². The second kappa shape index (κ2) is 7.02. The van der Waals surface area contributed by atoms with Crippen molar-refractivity contribution in [3.63, 3.8) is 0 Å². The lowest BCUT2D eigenvalue weighted by Gasteiger charge is -2.03. The number of aromatic amines is 1. The highest BCUT2D eigenvalue weighted by molar-refractivity contribution is 5.94. The Labute approximate surface area is 121 Å². The number of benzene rings is 1. The summed E-state index contributed by atoms with van der Waals surface area (Å²) < 4.78 is 29.5. The van der Waals surface area contributed by atoms with E-state index in [1.807, 2.05) is 24.3 Å². The van der Waals surface area contributed by atoms with Crippen LogP contribution in [0.5, 0.6) is 0 Å². The summed E-state index contributed by atoms with van der Waals surface area (Å²) in [6.45, 7) is 1.64. The van der Waals surface area contributed by atoms with E-state index >= 15 is 0 Å². The molecular formula is C16H17F2NO2. The number of ether oxygens (including phenoxy) is 1. The Hall–Kier alpha value is -2.17. The molecule has 2 aromatic rings. The predicted molar refractivity (Wildman–Crippen MR) is 77.3 cm³/mol. The van der Waals surface area contributed by atoms with Crippen LogP contribution in [-0.2, 0) is 4.74 Å². The van der Waals surface area contributed by atoms with Gasteiger partial charge in [-0.25, -0.2) is 4.79 Å². The van der Waals surface area contributed by atoms with Crippen LogP contribution < -0.4 is 0 Å². The summed E-state index contributed by atoms with van der Waals surface area (Å²) in [5.74, 6) is -0.421. The number of nitrogens with one attached hydrogen (secondary N) is 1. The van der Waals surface area contributed by atoms with Crippen LogP contribution in [0.3, 0.4) is 0 Å². The van der Waals surface area contributed by atoms with Crippen molar-refractivity contribution in [3.8, 4) is 0 Å². The SMILES string of the molecule is CC(CCCCOC(=O)c1cc2ccccc2[nH]1)=C(F)F. The van der Waals surface area contributed by atoms with E-state index in [9.17, 15) is 13.6 Å². The second-order valence-electron chi connectivity index (χ2n) is 4.90. The molecule has 5 heteroatoms. The van der Waals surface area contributed by atoms with Crippen molar-refractivity contribution < 1.29 is 18.3 Å². The summed E-state index contributed by atoms with van der Waals surface area (Å²) >= 11 is 0. The lowest BCUT2D eigenvalue weighted by molar-refractivity contribution is 0.0492. The first-order valence-corrected chi connectivity index (χ1v) is 6.83. The largest absolute Gasteiger partial charge is 0.461 e. The van der Waals surface area contributed by atoms with Crippen molar-refractivity contribution in [1.29, 1.82) is 0 Å². The number of para-hydroxylation sites is 1. The van der Waals surface area contributed by atoms with E-state index in [1.54, 1.807) is 6.07 Å². The highest BCUT2D eigenvalue weighted by Gasteiger charge is 2.10.